The molecule has 1 aliphatic rings. The summed E-state index contributed by atoms with van der Waals surface area (Å²) >= 11 is 7.62. The van der Waals surface area contributed by atoms with Crippen LogP contribution < -0.4 is 10.2 Å². The maximum Gasteiger partial charge on any atom is 0.265 e. The van der Waals surface area contributed by atoms with Crippen molar-refractivity contribution in [3.63, 3.8) is 0 Å². The molecule has 4 nitrogen and oxygen atoms in total. The van der Waals surface area contributed by atoms with Gasteiger partial charge in [0.15, 0.2) is 0 Å². The van der Waals surface area contributed by atoms with E-state index in [9.17, 15) is 9.59 Å². The minimum Gasteiger partial charge on any atom is -0.320 e. The summed E-state index contributed by atoms with van der Waals surface area (Å²) < 4.78 is 0. The van der Waals surface area contributed by atoms with Gasteiger partial charge in [0, 0.05) is 17.8 Å². The zero-order valence-corrected chi connectivity index (χ0v) is 16.7. The molecule has 0 fully saturated rings. The highest BCUT2D eigenvalue weighted by atomic mass is 35.5. The molecular formula is C22H19ClN2O2S. The fourth-order valence-electron chi connectivity index (χ4n) is 3.40. The van der Waals surface area contributed by atoms with E-state index in [0.29, 0.717) is 27.7 Å². The van der Waals surface area contributed by atoms with Crippen LogP contribution in [0.2, 0.25) is 5.02 Å². The Bertz CT molecular complexity index is 1020. The number of hydrogen-bond acceptors (Lipinski definition) is 3. The number of rotatable bonds is 3. The molecule has 2 aromatic carbocycles. The molecule has 0 unspecified atom stereocenters. The Hall–Kier alpha value is -2.63. The molecule has 1 N–H and O–H groups in total. The number of hydrogen-bond donors (Lipinski definition) is 1. The van der Waals surface area contributed by atoms with Gasteiger partial charge < -0.3 is 10.2 Å². The number of nitrogens with zero attached hydrogens (tertiary/aromatic N) is 1. The molecular weight excluding hydrogens is 392 g/mol. The molecule has 3 aromatic rings. The number of thiophene rings is 1. The predicted molar refractivity (Wildman–Crippen MR) is 115 cm³/mol. The molecule has 142 valence electrons. The lowest BCUT2D eigenvalue weighted by molar-refractivity contribution is 0.0984. The summed E-state index contributed by atoms with van der Waals surface area (Å²) in [6.07, 6.45) is 2.99. The summed E-state index contributed by atoms with van der Waals surface area (Å²) in [5.74, 6) is -0.320. The largest absolute Gasteiger partial charge is 0.320 e. The third-order valence-electron chi connectivity index (χ3n) is 4.81. The van der Waals surface area contributed by atoms with Crippen molar-refractivity contribution in [3.8, 4) is 0 Å². The van der Waals surface area contributed by atoms with E-state index in [0.717, 1.165) is 24.9 Å². The van der Waals surface area contributed by atoms with Crippen LogP contribution in [0.1, 0.15) is 38.4 Å². The number of para-hydroxylation sites is 1. The summed E-state index contributed by atoms with van der Waals surface area (Å²) in [4.78, 5) is 28.1. The van der Waals surface area contributed by atoms with Crippen molar-refractivity contribution < 1.29 is 9.59 Å². The van der Waals surface area contributed by atoms with Crippen LogP contribution in [0.15, 0.2) is 60.0 Å². The van der Waals surface area contributed by atoms with Gasteiger partial charge in [-0.2, -0.15) is 0 Å². The highest BCUT2D eigenvalue weighted by molar-refractivity contribution is 7.12. The van der Waals surface area contributed by atoms with Gasteiger partial charge in [0.25, 0.3) is 11.8 Å². The Labute approximate surface area is 172 Å². The van der Waals surface area contributed by atoms with Crippen molar-refractivity contribution in [1.29, 1.82) is 0 Å². The van der Waals surface area contributed by atoms with Crippen LogP contribution in [0, 0.1) is 0 Å². The molecule has 1 aromatic heterocycles. The van der Waals surface area contributed by atoms with Crippen LogP contribution in [0.5, 0.6) is 0 Å². The molecule has 2 amide bonds. The van der Waals surface area contributed by atoms with Gasteiger partial charge in [-0.3, -0.25) is 9.59 Å². The lowest BCUT2D eigenvalue weighted by atomic mass is 10.1. The maximum absolute atomic E-state index is 13.3. The van der Waals surface area contributed by atoms with E-state index < -0.39 is 0 Å². The van der Waals surface area contributed by atoms with Gasteiger partial charge in [-0.05, 0) is 60.5 Å². The Morgan fingerprint density at radius 3 is 2.71 bits per heavy atom. The first kappa shape index (κ1) is 18.7. The second-order valence-corrected chi connectivity index (χ2v) is 8.02. The van der Waals surface area contributed by atoms with Crippen molar-refractivity contribution in [1.82, 2.24) is 0 Å². The van der Waals surface area contributed by atoms with Gasteiger partial charge in [0.2, 0.25) is 0 Å². The SMILES string of the molecule is O=C(Nc1cc(C(=O)N2CCCCc3ccccc32)ccc1Cl)c1cccs1. The smallest absolute Gasteiger partial charge is 0.265 e. The number of anilines is 2. The van der Waals surface area contributed by atoms with Crippen LogP contribution in [0.25, 0.3) is 0 Å². The Kier molecular flexibility index (Phi) is 5.46. The molecule has 0 radical (unpaired) electrons. The second-order valence-electron chi connectivity index (χ2n) is 6.67. The first-order valence-electron chi connectivity index (χ1n) is 9.17. The first-order chi connectivity index (χ1) is 13.6. The van der Waals surface area contributed by atoms with E-state index in [1.807, 2.05) is 34.5 Å². The first-order valence-corrected chi connectivity index (χ1v) is 10.4. The Morgan fingerprint density at radius 2 is 1.89 bits per heavy atom. The highest BCUT2D eigenvalue weighted by Gasteiger charge is 2.23. The summed E-state index contributed by atoms with van der Waals surface area (Å²) in [6, 6.07) is 16.6. The molecule has 4 rings (SSSR count). The fourth-order valence-corrected chi connectivity index (χ4v) is 4.19. The Balaban J connectivity index is 1.63. The van der Waals surface area contributed by atoms with Gasteiger partial charge in [0.1, 0.15) is 0 Å². The zero-order valence-electron chi connectivity index (χ0n) is 15.2. The number of nitrogens with one attached hydrogen (secondary N) is 1. The van der Waals surface area contributed by atoms with Crippen molar-refractivity contribution in [2.24, 2.45) is 0 Å². The normalized spacial score (nSPS) is 13.5. The average Bonchev–Trinajstić information content (AvgIpc) is 3.16. The van der Waals surface area contributed by atoms with Crippen LogP contribution in [-0.2, 0) is 6.42 Å². The van der Waals surface area contributed by atoms with Gasteiger partial charge in [-0.1, -0.05) is 35.9 Å². The predicted octanol–water partition coefficient (Wildman–Crippen LogP) is 5.64. The van der Waals surface area contributed by atoms with Crippen molar-refractivity contribution in [3.05, 3.63) is 81.0 Å². The number of amides is 2. The van der Waals surface area contributed by atoms with Crippen LogP contribution >= 0.6 is 22.9 Å². The number of carbonyl (C=O) groups is 2. The molecule has 0 atom stereocenters. The monoisotopic (exact) mass is 410 g/mol. The zero-order chi connectivity index (χ0) is 19.5. The molecule has 0 bridgehead atoms. The number of fused-ring (bicyclic) bond motifs is 1. The molecule has 6 heteroatoms. The quantitative estimate of drug-likeness (QED) is 0.607. The minimum absolute atomic E-state index is 0.0855. The molecule has 1 aliphatic heterocycles. The third kappa shape index (κ3) is 3.81. The second kappa shape index (κ2) is 8.17. The highest BCUT2D eigenvalue weighted by Crippen LogP contribution is 2.30. The van der Waals surface area contributed by atoms with Crippen molar-refractivity contribution in [2.75, 3.05) is 16.8 Å². The van der Waals surface area contributed by atoms with Crippen LogP contribution in [0.4, 0.5) is 11.4 Å². The Morgan fingerprint density at radius 1 is 1.04 bits per heavy atom. The third-order valence-corrected chi connectivity index (χ3v) is 6.01. The molecule has 2 heterocycles. The minimum atomic E-state index is -0.235. The summed E-state index contributed by atoms with van der Waals surface area (Å²) in [6.45, 7) is 0.676. The summed E-state index contributed by atoms with van der Waals surface area (Å²) in [5.41, 5.74) is 3.09. The van der Waals surface area contributed by atoms with Gasteiger partial charge in [0.05, 0.1) is 15.6 Å². The molecule has 0 spiro atoms. The van der Waals surface area contributed by atoms with E-state index in [2.05, 4.69) is 11.4 Å². The maximum atomic E-state index is 13.3. The molecule has 0 saturated carbocycles. The topological polar surface area (TPSA) is 49.4 Å². The van der Waals surface area contributed by atoms with Gasteiger partial charge >= 0.3 is 0 Å². The number of halogens is 1. The van der Waals surface area contributed by atoms with Gasteiger partial charge in [-0.15, -0.1) is 11.3 Å². The van der Waals surface area contributed by atoms with E-state index in [-0.39, 0.29) is 11.8 Å². The average molecular weight is 411 g/mol. The van der Waals surface area contributed by atoms with Crippen LogP contribution in [0.3, 0.4) is 0 Å². The fraction of sp³-hybridized carbons (Fsp3) is 0.182. The lowest BCUT2D eigenvalue weighted by Gasteiger charge is -2.23. The van der Waals surface area contributed by atoms with Crippen LogP contribution in [-0.4, -0.2) is 18.4 Å². The van der Waals surface area contributed by atoms with Crippen molar-refractivity contribution >= 4 is 46.1 Å². The van der Waals surface area contributed by atoms with E-state index >= 15 is 0 Å². The van der Waals surface area contributed by atoms with E-state index in [1.54, 1.807) is 24.3 Å². The number of carbonyl (C=O) groups excluding carboxylic acids is 2. The molecule has 0 aliphatic carbocycles. The van der Waals surface area contributed by atoms with Gasteiger partial charge in [-0.25, -0.2) is 0 Å². The van der Waals surface area contributed by atoms with Crippen molar-refractivity contribution in [2.45, 2.75) is 19.3 Å². The molecule has 28 heavy (non-hydrogen) atoms. The summed E-state index contributed by atoms with van der Waals surface area (Å²) in [7, 11) is 0. The number of benzene rings is 2. The van der Waals surface area contributed by atoms with E-state index in [1.165, 1.54) is 16.9 Å². The standard InChI is InChI=1S/C22H19ClN2O2S/c23-17-11-10-16(14-18(17)24-21(26)20-9-5-13-28-20)22(27)25-12-4-3-7-15-6-1-2-8-19(15)25/h1-2,5-6,8-11,13-14H,3-4,7,12H2,(H,24,26). The van der Waals surface area contributed by atoms with E-state index in [4.69, 9.17) is 11.6 Å². The number of aryl methyl sites for hydroxylation is 1. The lowest BCUT2D eigenvalue weighted by Crippen LogP contribution is -2.31. The summed E-state index contributed by atoms with van der Waals surface area (Å²) in [5, 5.41) is 5.05. The molecule has 0 saturated heterocycles.